The summed E-state index contributed by atoms with van der Waals surface area (Å²) in [6.45, 7) is 3.76. The topological polar surface area (TPSA) is 63.7 Å². The molecule has 0 saturated carbocycles. The van der Waals surface area contributed by atoms with Gasteiger partial charge in [-0.3, -0.25) is 9.69 Å². The Balaban J connectivity index is 1.69. The molecular weight excluding hydrogens is 462 g/mol. The second-order valence-electron chi connectivity index (χ2n) is 7.24. The van der Waals surface area contributed by atoms with Crippen LogP contribution < -0.4 is 9.08 Å². The van der Waals surface area contributed by atoms with E-state index < -0.39 is 10.1 Å². The Morgan fingerprint density at radius 2 is 1.59 bits per heavy atom. The molecule has 1 saturated heterocycles. The molecule has 3 aromatic rings. The van der Waals surface area contributed by atoms with Crippen molar-refractivity contribution in [2.75, 3.05) is 4.90 Å². The lowest BCUT2D eigenvalue weighted by atomic mass is 10.1. The van der Waals surface area contributed by atoms with E-state index in [1.54, 1.807) is 36.4 Å². The highest BCUT2D eigenvalue weighted by Gasteiger charge is 2.33. The maximum Gasteiger partial charge on any atom is 0.339 e. The van der Waals surface area contributed by atoms with E-state index in [9.17, 15) is 13.2 Å². The van der Waals surface area contributed by atoms with Crippen LogP contribution >= 0.6 is 24.0 Å². The number of benzene rings is 3. The van der Waals surface area contributed by atoms with Gasteiger partial charge in [0.2, 0.25) is 0 Å². The third-order valence-corrected chi connectivity index (χ3v) is 7.32. The smallest absolute Gasteiger partial charge is 0.339 e. The molecule has 0 radical (unpaired) electrons. The summed E-state index contributed by atoms with van der Waals surface area (Å²) in [5.74, 6) is -0.124. The fourth-order valence-electron chi connectivity index (χ4n) is 3.14. The molecule has 0 bridgehead atoms. The molecule has 0 N–H and O–H groups in total. The fraction of sp³-hybridized carbons (Fsp3) is 0.0833. The first-order chi connectivity index (χ1) is 15.2. The molecule has 1 aliphatic heterocycles. The van der Waals surface area contributed by atoms with Crippen LogP contribution in [0.25, 0.3) is 6.08 Å². The van der Waals surface area contributed by atoms with Gasteiger partial charge in [0.25, 0.3) is 5.91 Å². The van der Waals surface area contributed by atoms with Crippen molar-refractivity contribution in [1.82, 2.24) is 0 Å². The number of carbonyl (C=O) groups excluding carboxylic acids is 1. The molecule has 8 heteroatoms. The van der Waals surface area contributed by atoms with Gasteiger partial charge < -0.3 is 4.18 Å². The highest BCUT2D eigenvalue weighted by atomic mass is 32.2. The van der Waals surface area contributed by atoms with Crippen molar-refractivity contribution in [3.8, 4) is 5.75 Å². The Labute approximate surface area is 196 Å². The van der Waals surface area contributed by atoms with Gasteiger partial charge in [-0.25, -0.2) is 0 Å². The van der Waals surface area contributed by atoms with Gasteiger partial charge >= 0.3 is 10.1 Å². The average molecular weight is 482 g/mol. The molecule has 3 aromatic carbocycles. The van der Waals surface area contributed by atoms with Crippen molar-refractivity contribution in [2.24, 2.45) is 0 Å². The quantitative estimate of drug-likeness (QED) is 0.273. The molecule has 0 aliphatic carbocycles. The Kier molecular flexibility index (Phi) is 6.19. The highest BCUT2D eigenvalue weighted by molar-refractivity contribution is 8.27. The lowest BCUT2D eigenvalue weighted by Crippen LogP contribution is -2.27. The van der Waals surface area contributed by atoms with Crippen LogP contribution in [0.15, 0.2) is 82.6 Å². The molecule has 0 aromatic heterocycles. The van der Waals surface area contributed by atoms with Gasteiger partial charge in [-0.15, -0.1) is 0 Å². The second kappa shape index (κ2) is 8.90. The van der Waals surface area contributed by atoms with Crippen LogP contribution in [-0.4, -0.2) is 18.6 Å². The monoisotopic (exact) mass is 481 g/mol. The van der Waals surface area contributed by atoms with Gasteiger partial charge in [0.1, 0.15) is 10.6 Å². The van der Waals surface area contributed by atoms with E-state index >= 15 is 0 Å². The third-order valence-electron chi connectivity index (χ3n) is 4.77. The van der Waals surface area contributed by atoms with Crippen molar-refractivity contribution < 1.29 is 17.4 Å². The van der Waals surface area contributed by atoms with Gasteiger partial charge in [-0.2, -0.15) is 8.42 Å². The zero-order chi connectivity index (χ0) is 22.9. The first-order valence-corrected chi connectivity index (χ1v) is 12.3. The molecule has 0 spiro atoms. The highest BCUT2D eigenvalue weighted by Crippen LogP contribution is 2.37. The predicted octanol–water partition coefficient (Wildman–Crippen LogP) is 5.48. The number of amides is 1. The van der Waals surface area contributed by atoms with Gasteiger partial charge in [0, 0.05) is 5.56 Å². The molecule has 162 valence electrons. The zero-order valence-corrected chi connectivity index (χ0v) is 19.8. The molecule has 1 fully saturated rings. The maximum absolute atomic E-state index is 13.0. The summed E-state index contributed by atoms with van der Waals surface area (Å²) in [5.41, 5.74) is 3.01. The Bertz CT molecular complexity index is 1330. The minimum Gasteiger partial charge on any atom is -0.378 e. The Morgan fingerprint density at radius 1 is 0.938 bits per heavy atom. The molecule has 5 nitrogen and oxygen atoms in total. The van der Waals surface area contributed by atoms with E-state index in [4.69, 9.17) is 16.4 Å². The Morgan fingerprint density at radius 3 is 2.28 bits per heavy atom. The van der Waals surface area contributed by atoms with Gasteiger partial charge in [0.15, 0.2) is 4.32 Å². The third kappa shape index (κ3) is 4.62. The molecule has 0 unspecified atom stereocenters. The number of rotatable bonds is 5. The van der Waals surface area contributed by atoms with E-state index in [1.165, 1.54) is 28.8 Å². The largest absolute Gasteiger partial charge is 0.378 e. The number of aryl methyl sites for hydroxylation is 2. The molecule has 32 heavy (non-hydrogen) atoms. The average Bonchev–Trinajstić information content (AvgIpc) is 3.04. The number of anilines is 1. The van der Waals surface area contributed by atoms with Crippen molar-refractivity contribution in [2.45, 2.75) is 18.7 Å². The first-order valence-electron chi connectivity index (χ1n) is 9.69. The van der Waals surface area contributed by atoms with Crippen molar-refractivity contribution in [1.29, 1.82) is 0 Å². The number of hydrogen-bond acceptors (Lipinski definition) is 6. The van der Waals surface area contributed by atoms with Crippen molar-refractivity contribution in [3.05, 3.63) is 94.4 Å². The SMILES string of the molecule is Cc1ccc(S(=O)(=O)Oc2ccc(C)cc2/C=C2/SC(=S)N(c3ccccc3)C2=O)cc1. The van der Waals surface area contributed by atoms with E-state index in [0.29, 0.717) is 20.5 Å². The standard InChI is InChI=1S/C24H19NO4S3/c1-16-8-11-20(12-9-16)32(27,28)29-21-13-10-17(2)14-18(21)15-22-23(26)25(24(30)31-22)19-6-4-3-5-7-19/h3-15H,1-2H3/b22-15+. The molecule has 4 rings (SSSR count). The fourth-order valence-corrected chi connectivity index (χ4v) is 5.38. The van der Waals surface area contributed by atoms with E-state index in [0.717, 1.165) is 11.1 Å². The van der Waals surface area contributed by atoms with Crippen LogP contribution in [-0.2, 0) is 14.9 Å². The molecule has 1 heterocycles. The van der Waals surface area contributed by atoms with Gasteiger partial charge in [-0.05, 0) is 56.3 Å². The van der Waals surface area contributed by atoms with Crippen LogP contribution in [0.1, 0.15) is 16.7 Å². The van der Waals surface area contributed by atoms with Crippen LogP contribution in [0.4, 0.5) is 5.69 Å². The van der Waals surface area contributed by atoms with Crippen LogP contribution in [0.3, 0.4) is 0 Å². The Hall–Kier alpha value is -2.94. The summed E-state index contributed by atoms with van der Waals surface area (Å²) in [6, 6.07) is 20.7. The minimum absolute atomic E-state index is 0.0602. The molecule has 1 aliphatic rings. The summed E-state index contributed by atoms with van der Waals surface area (Å²) in [4.78, 5) is 15.0. The van der Waals surface area contributed by atoms with Gasteiger partial charge in [-0.1, -0.05) is 71.5 Å². The van der Waals surface area contributed by atoms with Crippen LogP contribution in [0.2, 0.25) is 0 Å². The number of thiocarbonyl (C=S) groups is 1. The molecular formula is C24H19NO4S3. The van der Waals surface area contributed by atoms with E-state index in [-0.39, 0.29) is 16.6 Å². The summed E-state index contributed by atoms with van der Waals surface area (Å²) in [6.07, 6.45) is 1.62. The van der Waals surface area contributed by atoms with Crippen molar-refractivity contribution >= 4 is 56.1 Å². The van der Waals surface area contributed by atoms with Crippen molar-refractivity contribution in [3.63, 3.8) is 0 Å². The lowest BCUT2D eigenvalue weighted by Gasteiger charge is -2.14. The van der Waals surface area contributed by atoms with Gasteiger partial charge in [0.05, 0.1) is 10.6 Å². The van der Waals surface area contributed by atoms with Crippen LogP contribution in [0.5, 0.6) is 5.75 Å². The minimum atomic E-state index is -4.03. The molecule has 1 amide bonds. The number of carbonyl (C=O) groups is 1. The summed E-state index contributed by atoms with van der Waals surface area (Å²) in [5, 5.41) is 0. The zero-order valence-electron chi connectivity index (χ0n) is 17.3. The number of thioether (sulfide) groups is 1. The summed E-state index contributed by atoms with van der Waals surface area (Å²) >= 11 is 6.58. The summed E-state index contributed by atoms with van der Waals surface area (Å²) < 4.78 is 31.5. The normalized spacial score (nSPS) is 15.4. The van der Waals surface area contributed by atoms with E-state index in [2.05, 4.69) is 0 Å². The summed E-state index contributed by atoms with van der Waals surface area (Å²) in [7, 11) is -4.03. The predicted molar refractivity (Wildman–Crippen MR) is 132 cm³/mol. The molecule has 0 atom stereocenters. The number of nitrogens with zero attached hydrogens (tertiary/aromatic N) is 1. The van der Waals surface area contributed by atoms with Crippen LogP contribution in [0, 0.1) is 13.8 Å². The first kappa shape index (κ1) is 22.3. The number of hydrogen-bond donors (Lipinski definition) is 0. The number of para-hydroxylation sites is 1. The second-order valence-corrected chi connectivity index (χ2v) is 10.5. The van der Waals surface area contributed by atoms with E-state index in [1.807, 2.05) is 44.2 Å². The lowest BCUT2D eigenvalue weighted by molar-refractivity contribution is -0.113. The maximum atomic E-state index is 13.0.